The Morgan fingerprint density at radius 3 is 3.00 bits per heavy atom. The third-order valence-corrected chi connectivity index (χ3v) is 2.45. The van der Waals surface area contributed by atoms with Gasteiger partial charge in [-0.2, -0.15) is 5.26 Å². The van der Waals surface area contributed by atoms with Gasteiger partial charge in [-0.25, -0.2) is 9.97 Å². The van der Waals surface area contributed by atoms with Gasteiger partial charge < -0.3 is 0 Å². The zero-order chi connectivity index (χ0) is 9.10. The molecule has 62 valence electrons. The highest BCUT2D eigenvalue weighted by molar-refractivity contribution is 7.13. The van der Waals surface area contributed by atoms with E-state index in [4.69, 9.17) is 5.26 Å². The molecular formula is C9H5N3S. The van der Waals surface area contributed by atoms with Crippen molar-refractivity contribution in [1.82, 2.24) is 9.97 Å². The lowest BCUT2D eigenvalue weighted by atomic mass is 10.3. The molecule has 2 heterocycles. The summed E-state index contributed by atoms with van der Waals surface area (Å²) >= 11 is 1.60. The smallest absolute Gasteiger partial charge is 0.144 e. The van der Waals surface area contributed by atoms with Crippen molar-refractivity contribution in [2.24, 2.45) is 0 Å². The van der Waals surface area contributed by atoms with E-state index in [1.807, 2.05) is 23.6 Å². The molecule has 2 aromatic rings. The molecule has 0 N–H and O–H groups in total. The number of hydrogen-bond acceptors (Lipinski definition) is 4. The average Bonchev–Trinajstić information content (AvgIpc) is 2.71. The molecule has 0 aromatic carbocycles. The van der Waals surface area contributed by atoms with Crippen molar-refractivity contribution in [3.05, 3.63) is 35.6 Å². The van der Waals surface area contributed by atoms with Crippen LogP contribution in [0, 0.1) is 11.3 Å². The highest BCUT2D eigenvalue weighted by Crippen LogP contribution is 2.21. The Morgan fingerprint density at radius 2 is 2.31 bits per heavy atom. The first-order valence-corrected chi connectivity index (χ1v) is 4.54. The predicted molar refractivity (Wildman–Crippen MR) is 50.1 cm³/mol. The van der Waals surface area contributed by atoms with Crippen LogP contribution in [0.15, 0.2) is 29.9 Å². The lowest BCUT2D eigenvalue weighted by Crippen LogP contribution is -1.86. The Kier molecular flexibility index (Phi) is 2.02. The Labute approximate surface area is 79.3 Å². The summed E-state index contributed by atoms with van der Waals surface area (Å²) in [6.45, 7) is 0. The van der Waals surface area contributed by atoms with E-state index < -0.39 is 0 Å². The molecule has 0 atom stereocenters. The molecule has 0 amide bonds. The van der Waals surface area contributed by atoms with Gasteiger partial charge in [0.2, 0.25) is 0 Å². The number of thiophene rings is 1. The van der Waals surface area contributed by atoms with Crippen LogP contribution in [0.25, 0.3) is 10.6 Å². The summed E-state index contributed by atoms with van der Waals surface area (Å²) in [6, 6.07) is 7.59. The summed E-state index contributed by atoms with van der Waals surface area (Å²) in [5.41, 5.74) is 1.21. The lowest BCUT2D eigenvalue weighted by molar-refractivity contribution is 1.15. The molecule has 0 radical (unpaired) electrons. The first-order valence-electron chi connectivity index (χ1n) is 3.66. The molecule has 2 rings (SSSR count). The van der Waals surface area contributed by atoms with Crippen molar-refractivity contribution >= 4 is 11.3 Å². The van der Waals surface area contributed by atoms with Gasteiger partial charge in [-0.1, -0.05) is 6.07 Å². The van der Waals surface area contributed by atoms with Gasteiger partial charge >= 0.3 is 0 Å². The molecule has 0 unspecified atom stereocenters. The Bertz CT molecular complexity index is 442. The lowest BCUT2D eigenvalue weighted by Gasteiger charge is -1.94. The first kappa shape index (κ1) is 7.90. The van der Waals surface area contributed by atoms with Gasteiger partial charge in [0.15, 0.2) is 0 Å². The van der Waals surface area contributed by atoms with E-state index in [0.29, 0.717) is 5.69 Å². The van der Waals surface area contributed by atoms with E-state index in [1.165, 1.54) is 6.33 Å². The average molecular weight is 187 g/mol. The monoisotopic (exact) mass is 187 g/mol. The second-order valence-electron chi connectivity index (χ2n) is 2.38. The van der Waals surface area contributed by atoms with Crippen molar-refractivity contribution in [2.45, 2.75) is 0 Å². The fourth-order valence-electron chi connectivity index (χ4n) is 0.978. The Morgan fingerprint density at radius 1 is 1.38 bits per heavy atom. The SMILES string of the molecule is N#Cc1cc(-c2cccs2)ncn1. The predicted octanol–water partition coefficient (Wildman–Crippen LogP) is 2.08. The van der Waals surface area contributed by atoms with E-state index >= 15 is 0 Å². The summed E-state index contributed by atoms with van der Waals surface area (Å²) in [7, 11) is 0. The van der Waals surface area contributed by atoms with Crippen LogP contribution in [-0.2, 0) is 0 Å². The third-order valence-electron chi connectivity index (χ3n) is 1.56. The van der Waals surface area contributed by atoms with Gasteiger partial charge in [-0.15, -0.1) is 11.3 Å². The van der Waals surface area contributed by atoms with E-state index in [9.17, 15) is 0 Å². The maximum atomic E-state index is 8.62. The van der Waals surface area contributed by atoms with E-state index in [2.05, 4.69) is 9.97 Å². The van der Waals surface area contributed by atoms with Crippen molar-refractivity contribution in [2.75, 3.05) is 0 Å². The zero-order valence-electron chi connectivity index (χ0n) is 6.64. The minimum Gasteiger partial charge on any atom is -0.235 e. The topological polar surface area (TPSA) is 49.6 Å². The van der Waals surface area contributed by atoms with Crippen LogP contribution in [0.2, 0.25) is 0 Å². The quantitative estimate of drug-likeness (QED) is 0.686. The van der Waals surface area contributed by atoms with Gasteiger partial charge in [0.1, 0.15) is 18.1 Å². The van der Waals surface area contributed by atoms with Crippen LogP contribution in [-0.4, -0.2) is 9.97 Å². The molecule has 0 fully saturated rings. The van der Waals surface area contributed by atoms with Gasteiger partial charge in [-0.05, 0) is 11.4 Å². The minimum atomic E-state index is 0.401. The maximum Gasteiger partial charge on any atom is 0.144 e. The minimum absolute atomic E-state index is 0.401. The van der Waals surface area contributed by atoms with Crippen LogP contribution in [0.1, 0.15) is 5.69 Å². The molecule has 0 aliphatic heterocycles. The summed E-state index contributed by atoms with van der Waals surface area (Å²) in [5, 5.41) is 10.6. The first-order chi connectivity index (χ1) is 6.40. The molecule has 0 bridgehead atoms. The second-order valence-corrected chi connectivity index (χ2v) is 3.33. The van der Waals surface area contributed by atoms with Crippen LogP contribution >= 0.6 is 11.3 Å². The highest BCUT2D eigenvalue weighted by Gasteiger charge is 2.01. The van der Waals surface area contributed by atoms with Gasteiger partial charge in [-0.3, -0.25) is 0 Å². The number of aromatic nitrogens is 2. The van der Waals surface area contributed by atoms with E-state index in [1.54, 1.807) is 17.4 Å². The van der Waals surface area contributed by atoms with Gasteiger partial charge in [0, 0.05) is 6.07 Å². The van der Waals surface area contributed by atoms with Crippen LogP contribution in [0.4, 0.5) is 0 Å². The fraction of sp³-hybridized carbons (Fsp3) is 0. The number of hydrogen-bond donors (Lipinski definition) is 0. The fourth-order valence-corrected chi connectivity index (χ4v) is 1.67. The Balaban J connectivity index is 2.49. The summed E-state index contributed by atoms with van der Waals surface area (Å²) < 4.78 is 0. The van der Waals surface area contributed by atoms with E-state index in [0.717, 1.165) is 10.6 Å². The second kappa shape index (κ2) is 3.33. The molecule has 0 spiro atoms. The molecule has 4 heteroatoms. The molecule has 0 saturated heterocycles. The zero-order valence-corrected chi connectivity index (χ0v) is 7.45. The van der Waals surface area contributed by atoms with Crippen LogP contribution in [0.3, 0.4) is 0 Å². The molecule has 0 aliphatic carbocycles. The van der Waals surface area contributed by atoms with Gasteiger partial charge in [0.05, 0.1) is 10.6 Å². The van der Waals surface area contributed by atoms with Crippen molar-refractivity contribution in [1.29, 1.82) is 5.26 Å². The molecule has 3 nitrogen and oxygen atoms in total. The van der Waals surface area contributed by atoms with Gasteiger partial charge in [0.25, 0.3) is 0 Å². The van der Waals surface area contributed by atoms with Crippen molar-refractivity contribution < 1.29 is 0 Å². The largest absolute Gasteiger partial charge is 0.235 e. The molecular weight excluding hydrogens is 182 g/mol. The van der Waals surface area contributed by atoms with Crippen molar-refractivity contribution in [3.8, 4) is 16.6 Å². The van der Waals surface area contributed by atoms with Crippen molar-refractivity contribution in [3.63, 3.8) is 0 Å². The van der Waals surface area contributed by atoms with Crippen LogP contribution < -0.4 is 0 Å². The normalized spacial score (nSPS) is 9.46. The molecule has 13 heavy (non-hydrogen) atoms. The standard InChI is InChI=1S/C9H5N3S/c10-5-7-4-8(12-6-11-7)9-2-1-3-13-9/h1-4,6H. The number of nitriles is 1. The summed E-state index contributed by atoms with van der Waals surface area (Å²) in [6.07, 6.45) is 1.41. The number of rotatable bonds is 1. The van der Waals surface area contributed by atoms with Crippen LogP contribution in [0.5, 0.6) is 0 Å². The maximum absolute atomic E-state index is 8.62. The molecule has 0 saturated carbocycles. The highest BCUT2D eigenvalue weighted by atomic mass is 32.1. The Hall–Kier alpha value is -1.73. The molecule has 2 aromatic heterocycles. The summed E-state index contributed by atoms with van der Waals surface area (Å²) in [5.74, 6) is 0. The van der Waals surface area contributed by atoms with E-state index in [-0.39, 0.29) is 0 Å². The molecule has 0 aliphatic rings. The summed E-state index contributed by atoms with van der Waals surface area (Å²) in [4.78, 5) is 8.93. The third kappa shape index (κ3) is 1.55. The number of nitrogens with zero attached hydrogens (tertiary/aromatic N) is 3.